The van der Waals surface area contributed by atoms with Gasteiger partial charge in [0.05, 0.1) is 5.41 Å². The van der Waals surface area contributed by atoms with E-state index in [-0.39, 0.29) is 11.3 Å². The predicted octanol–water partition coefficient (Wildman–Crippen LogP) is 4.78. The molecule has 118 valence electrons. The molecule has 1 N–H and O–H groups in total. The van der Waals surface area contributed by atoms with E-state index in [0.29, 0.717) is 16.6 Å². The molecule has 4 saturated carbocycles. The lowest BCUT2D eigenvalue weighted by atomic mass is 9.40. The first-order valence-electron chi connectivity index (χ1n) is 8.23. The number of anilines is 1. The van der Waals surface area contributed by atoms with E-state index in [2.05, 4.69) is 40.1 Å². The molecule has 4 bridgehead atoms. The van der Waals surface area contributed by atoms with Gasteiger partial charge in [-0.3, -0.25) is 4.79 Å². The van der Waals surface area contributed by atoms with Gasteiger partial charge in [-0.1, -0.05) is 13.8 Å². The molecule has 4 aliphatic rings. The van der Waals surface area contributed by atoms with Crippen LogP contribution in [0.1, 0.15) is 52.4 Å². The molecule has 4 heteroatoms. The number of aromatic nitrogens is 1. The van der Waals surface area contributed by atoms with Crippen LogP contribution in [-0.2, 0) is 4.79 Å². The zero-order valence-corrected chi connectivity index (χ0v) is 14.9. The van der Waals surface area contributed by atoms with Gasteiger partial charge in [0, 0.05) is 10.7 Å². The van der Waals surface area contributed by atoms with E-state index >= 15 is 0 Å². The van der Waals surface area contributed by atoms with E-state index in [0.717, 1.165) is 29.7 Å². The van der Waals surface area contributed by atoms with Gasteiger partial charge in [0.1, 0.15) is 5.82 Å². The molecule has 4 fully saturated rings. The molecule has 1 aromatic heterocycles. The van der Waals surface area contributed by atoms with E-state index < -0.39 is 0 Å². The van der Waals surface area contributed by atoms with Crippen LogP contribution < -0.4 is 5.32 Å². The molecular weight excluding hydrogens is 340 g/mol. The van der Waals surface area contributed by atoms with Gasteiger partial charge < -0.3 is 5.32 Å². The molecule has 2 atom stereocenters. The minimum atomic E-state index is -0.169. The van der Waals surface area contributed by atoms with Gasteiger partial charge >= 0.3 is 0 Å². The van der Waals surface area contributed by atoms with Crippen molar-refractivity contribution in [1.29, 1.82) is 0 Å². The van der Waals surface area contributed by atoms with Crippen LogP contribution in [0.5, 0.6) is 0 Å². The summed E-state index contributed by atoms with van der Waals surface area (Å²) in [5, 5.41) is 3.09. The number of halogens is 1. The van der Waals surface area contributed by atoms with Crippen molar-refractivity contribution in [3.63, 3.8) is 0 Å². The van der Waals surface area contributed by atoms with Gasteiger partial charge in [0.25, 0.3) is 0 Å². The monoisotopic (exact) mass is 362 g/mol. The zero-order chi connectivity index (χ0) is 15.6. The highest BCUT2D eigenvalue weighted by Crippen LogP contribution is 2.69. The number of nitrogens with zero attached hydrogens (tertiary/aromatic N) is 1. The third-order valence-electron chi connectivity index (χ3n) is 6.08. The fourth-order valence-corrected chi connectivity index (χ4v) is 6.63. The van der Waals surface area contributed by atoms with Crippen LogP contribution in [0, 0.1) is 22.2 Å². The predicted molar refractivity (Wildman–Crippen MR) is 90.4 cm³/mol. The van der Waals surface area contributed by atoms with Gasteiger partial charge in [-0.05, 0) is 83.3 Å². The Hall–Kier alpha value is -0.900. The van der Waals surface area contributed by atoms with Crippen LogP contribution in [0.15, 0.2) is 22.8 Å². The second-order valence-corrected chi connectivity index (χ2v) is 9.64. The van der Waals surface area contributed by atoms with Crippen molar-refractivity contribution in [3.05, 3.63) is 22.8 Å². The van der Waals surface area contributed by atoms with Crippen LogP contribution in [0.3, 0.4) is 0 Å². The molecule has 22 heavy (non-hydrogen) atoms. The highest BCUT2D eigenvalue weighted by atomic mass is 79.9. The molecule has 1 amide bonds. The fourth-order valence-electron chi connectivity index (χ4n) is 6.40. The van der Waals surface area contributed by atoms with Crippen molar-refractivity contribution in [2.75, 3.05) is 5.32 Å². The average molecular weight is 363 g/mol. The quantitative estimate of drug-likeness (QED) is 0.822. The first kappa shape index (κ1) is 14.7. The summed E-state index contributed by atoms with van der Waals surface area (Å²) < 4.78 is 0.931. The molecular formula is C18H23BrN2O. The van der Waals surface area contributed by atoms with E-state index in [4.69, 9.17) is 0 Å². The summed E-state index contributed by atoms with van der Waals surface area (Å²) in [5.41, 5.74) is 0.551. The fraction of sp³-hybridized carbons (Fsp3) is 0.667. The normalized spacial score (nSPS) is 42.4. The molecule has 0 unspecified atom stereocenters. The van der Waals surface area contributed by atoms with Crippen molar-refractivity contribution in [2.24, 2.45) is 22.2 Å². The third kappa shape index (κ3) is 2.31. The molecule has 5 rings (SSSR count). The molecule has 4 aliphatic carbocycles. The Bertz CT molecular complexity index is 608. The summed E-state index contributed by atoms with van der Waals surface area (Å²) >= 11 is 3.38. The summed E-state index contributed by atoms with van der Waals surface area (Å²) in [5.74, 6) is 1.60. The lowest BCUT2D eigenvalue weighted by Gasteiger charge is -2.64. The average Bonchev–Trinajstić information content (AvgIpc) is 2.37. The standard InChI is InChI=1S/C18H23BrN2O/c1-16-5-12-6-17(2,9-16)11-18(7-12,10-16)15(22)21-14-4-3-13(19)8-20-14/h3-4,8,12H,5-7,9-11H2,1-2H3,(H,20,21,22)/t12?,16-,17-,18?/m0/s1. The van der Waals surface area contributed by atoms with Gasteiger partial charge in [-0.2, -0.15) is 0 Å². The molecule has 0 spiro atoms. The van der Waals surface area contributed by atoms with Crippen LogP contribution in [0.4, 0.5) is 5.82 Å². The lowest BCUT2D eigenvalue weighted by Crippen LogP contribution is -2.58. The number of carbonyl (C=O) groups excluding carboxylic acids is 1. The second-order valence-electron chi connectivity index (χ2n) is 8.73. The number of hydrogen-bond acceptors (Lipinski definition) is 2. The highest BCUT2D eigenvalue weighted by Gasteiger charge is 2.62. The van der Waals surface area contributed by atoms with Crippen LogP contribution >= 0.6 is 15.9 Å². The Labute approximate surface area is 140 Å². The maximum atomic E-state index is 13.1. The Morgan fingerprint density at radius 3 is 2.41 bits per heavy atom. The SMILES string of the molecule is C[C@@]12CC3CC(C(=O)Nc4ccc(Br)cn4)(C1)C[C@@](C)(C3)C2. The topological polar surface area (TPSA) is 42.0 Å². The molecule has 0 aliphatic heterocycles. The number of pyridine rings is 1. The Morgan fingerprint density at radius 1 is 1.18 bits per heavy atom. The van der Waals surface area contributed by atoms with Gasteiger partial charge in [0.2, 0.25) is 5.91 Å². The van der Waals surface area contributed by atoms with E-state index in [1.807, 2.05) is 12.1 Å². The Balaban J connectivity index is 1.61. The summed E-state index contributed by atoms with van der Waals surface area (Å²) in [6.45, 7) is 4.80. The summed E-state index contributed by atoms with van der Waals surface area (Å²) in [6.07, 6.45) is 8.83. The molecule has 0 radical (unpaired) electrons. The van der Waals surface area contributed by atoms with Gasteiger partial charge in [-0.25, -0.2) is 4.98 Å². The number of hydrogen-bond donors (Lipinski definition) is 1. The zero-order valence-electron chi connectivity index (χ0n) is 13.3. The van der Waals surface area contributed by atoms with Crippen molar-refractivity contribution >= 4 is 27.7 Å². The van der Waals surface area contributed by atoms with Crippen LogP contribution in [-0.4, -0.2) is 10.9 Å². The summed E-state index contributed by atoms with van der Waals surface area (Å²) in [7, 11) is 0. The smallest absolute Gasteiger partial charge is 0.231 e. The largest absolute Gasteiger partial charge is 0.310 e. The number of nitrogens with one attached hydrogen (secondary N) is 1. The van der Waals surface area contributed by atoms with Gasteiger partial charge in [0.15, 0.2) is 0 Å². The molecule has 1 heterocycles. The highest BCUT2D eigenvalue weighted by molar-refractivity contribution is 9.10. The third-order valence-corrected chi connectivity index (χ3v) is 6.55. The molecule has 3 nitrogen and oxygen atoms in total. The first-order chi connectivity index (χ1) is 10.3. The van der Waals surface area contributed by atoms with E-state index in [1.54, 1.807) is 6.20 Å². The minimum Gasteiger partial charge on any atom is -0.310 e. The Morgan fingerprint density at radius 2 is 1.86 bits per heavy atom. The first-order valence-corrected chi connectivity index (χ1v) is 9.02. The van der Waals surface area contributed by atoms with Crippen molar-refractivity contribution in [2.45, 2.75) is 52.4 Å². The molecule has 1 aromatic rings. The van der Waals surface area contributed by atoms with Gasteiger partial charge in [-0.15, -0.1) is 0 Å². The van der Waals surface area contributed by atoms with E-state index in [9.17, 15) is 4.79 Å². The van der Waals surface area contributed by atoms with Crippen LogP contribution in [0.25, 0.3) is 0 Å². The van der Waals surface area contributed by atoms with Crippen LogP contribution in [0.2, 0.25) is 0 Å². The maximum Gasteiger partial charge on any atom is 0.231 e. The minimum absolute atomic E-state index is 0.169. The molecule has 0 aromatic carbocycles. The maximum absolute atomic E-state index is 13.1. The summed E-state index contributed by atoms with van der Waals surface area (Å²) in [6, 6.07) is 3.79. The molecule has 0 saturated heterocycles. The van der Waals surface area contributed by atoms with E-state index in [1.165, 1.54) is 19.3 Å². The van der Waals surface area contributed by atoms with Crippen molar-refractivity contribution < 1.29 is 4.79 Å². The summed E-state index contributed by atoms with van der Waals surface area (Å²) in [4.78, 5) is 17.4. The lowest BCUT2D eigenvalue weighted by molar-refractivity contribution is -0.165. The van der Waals surface area contributed by atoms with Crippen molar-refractivity contribution in [3.8, 4) is 0 Å². The number of amides is 1. The second kappa shape index (κ2) is 4.56. The Kier molecular flexibility index (Phi) is 3.04. The van der Waals surface area contributed by atoms with Crippen molar-refractivity contribution in [1.82, 2.24) is 4.98 Å². The number of rotatable bonds is 2. The number of carbonyl (C=O) groups is 1.